The van der Waals surface area contributed by atoms with Crippen LogP contribution in [0.5, 0.6) is 0 Å². The summed E-state index contributed by atoms with van der Waals surface area (Å²) in [6.45, 7) is 0.996. The molecule has 0 N–H and O–H groups in total. The van der Waals surface area contributed by atoms with Gasteiger partial charge in [0, 0.05) is 12.6 Å². The molecule has 0 atom stereocenters. The fraction of sp³-hybridized carbons (Fsp3) is 0.533. The van der Waals surface area contributed by atoms with E-state index < -0.39 is 11.6 Å². The van der Waals surface area contributed by atoms with Crippen LogP contribution in [-0.4, -0.2) is 22.3 Å². The summed E-state index contributed by atoms with van der Waals surface area (Å²) in [6, 6.07) is 2.13. The Morgan fingerprint density at radius 2 is 2.05 bits per heavy atom. The number of aromatic nitrogens is 2. The van der Waals surface area contributed by atoms with Gasteiger partial charge in [-0.2, -0.15) is 0 Å². The fourth-order valence-electron chi connectivity index (χ4n) is 2.91. The van der Waals surface area contributed by atoms with Gasteiger partial charge in [0.1, 0.15) is 17.2 Å². The van der Waals surface area contributed by atoms with E-state index in [9.17, 15) is 8.78 Å². The molecule has 1 aliphatic rings. The van der Waals surface area contributed by atoms with Crippen LogP contribution in [0.15, 0.2) is 12.1 Å². The largest absolute Gasteiger partial charge is 0.376 e. The number of imidazole rings is 1. The van der Waals surface area contributed by atoms with E-state index in [2.05, 4.69) is 4.98 Å². The van der Waals surface area contributed by atoms with Gasteiger partial charge in [-0.25, -0.2) is 13.8 Å². The van der Waals surface area contributed by atoms with Crippen molar-refractivity contribution in [2.75, 3.05) is 6.61 Å². The molecule has 0 aliphatic heterocycles. The molecule has 2 aromatic rings. The molecule has 3 rings (SSSR count). The maximum Gasteiger partial charge on any atom is 0.153 e. The number of hydrogen-bond donors (Lipinski definition) is 0. The SMILES string of the molecule is Fc1cc(F)c2nc(CCl)n(CCOC3CCCC3)c2c1. The highest BCUT2D eigenvalue weighted by atomic mass is 35.5. The van der Waals surface area contributed by atoms with Crippen LogP contribution in [0.2, 0.25) is 0 Å². The predicted octanol–water partition coefficient (Wildman–Crippen LogP) is 4.01. The number of alkyl halides is 1. The van der Waals surface area contributed by atoms with Gasteiger partial charge in [0.05, 0.1) is 24.1 Å². The molecule has 114 valence electrons. The highest BCUT2D eigenvalue weighted by molar-refractivity contribution is 6.16. The van der Waals surface area contributed by atoms with Crippen LogP contribution in [0.1, 0.15) is 31.5 Å². The van der Waals surface area contributed by atoms with Crippen molar-refractivity contribution in [3.8, 4) is 0 Å². The highest BCUT2D eigenvalue weighted by Crippen LogP contribution is 2.23. The Kier molecular flexibility index (Phi) is 4.40. The van der Waals surface area contributed by atoms with E-state index in [-0.39, 0.29) is 11.4 Å². The molecule has 0 radical (unpaired) electrons. The van der Waals surface area contributed by atoms with Gasteiger partial charge in [0.15, 0.2) is 5.82 Å². The van der Waals surface area contributed by atoms with Crippen molar-refractivity contribution in [3.05, 3.63) is 29.6 Å². The number of halogens is 3. The molecule has 21 heavy (non-hydrogen) atoms. The molecule has 1 aliphatic carbocycles. The number of benzene rings is 1. The van der Waals surface area contributed by atoms with Crippen molar-refractivity contribution in [2.45, 2.75) is 44.2 Å². The molecule has 1 aromatic carbocycles. The minimum Gasteiger partial charge on any atom is -0.376 e. The molecule has 0 amide bonds. The van der Waals surface area contributed by atoms with Crippen LogP contribution in [0.3, 0.4) is 0 Å². The molecule has 3 nitrogen and oxygen atoms in total. The summed E-state index contributed by atoms with van der Waals surface area (Å²) < 4.78 is 34.7. The van der Waals surface area contributed by atoms with E-state index >= 15 is 0 Å². The summed E-state index contributed by atoms with van der Waals surface area (Å²) in [5, 5.41) is 0. The average molecular weight is 315 g/mol. The van der Waals surface area contributed by atoms with Crippen LogP contribution >= 0.6 is 11.6 Å². The Labute approximate surface area is 126 Å². The zero-order valence-electron chi connectivity index (χ0n) is 11.6. The quantitative estimate of drug-likeness (QED) is 0.780. The predicted molar refractivity (Wildman–Crippen MR) is 77.4 cm³/mol. The van der Waals surface area contributed by atoms with Gasteiger partial charge in [-0.3, -0.25) is 0 Å². The first-order valence-corrected chi connectivity index (χ1v) is 7.74. The molecule has 6 heteroatoms. The number of fused-ring (bicyclic) bond motifs is 1. The summed E-state index contributed by atoms with van der Waals surface area (Å²) in [7, 11) is 0. The highest BCUT2D eigenvalue weighted by Gasteiger charge is 2.17. The number of nitrogens with zero attached hydrogens (tertiary/aromatic N) is 2. The lowest BCUT2D eigenvalue weighted by Crippen LogP contribution is -2.14. The minimum atomic E-state index is -0.660. The monoisotopic (exact) mass is 314 g/mol. The second-order valence-corrected chi connectivity index (χ2v) is 5.61. The van der Waals surface area contributed by atoms with Gasteiger partial charge in [0.2, 0.25) is 0 Å². The Morgan fingerprint density at radius 3 is 2.76 bits per heavy atom. The molecular formula is C15H17ClF2N2O. The van der Waals surface area contributed by atoms with E-state index in [1.165, 1.54) is 18.9 Å². The van der Waals surface area contributed by atoms with Crippen LogP contribution in [0.25, 0.3) is 11.0 Å². The normalized spacial score (nSPS) is 16.1. The van der Waals surface area contributed by atoms with Crippen LogP contribution in [0.4, 0.5) is 8.78 Å². The van der Waals surface area contributed by atoms with Gasteiger partial charge < -0.3 is 9.30 Å². The zero-order valence-corrected chi connectivity index (χ0v) is 12.4. The lowest BCUT2D eigenvalue weighted by atomic mass is 10.3. The summed E-state index contributed by atoms with van der Waals surface area (Å²) >= 11 is 5.86. The third-order valence-electron chi connectivity index (χ3n) is 3.94. The van der Waals surface area contributed by atoms with Gasteiger partial charge in [-0.1, -0.05) is 12.8 Å². The second kappa shape index (κ2) is 6.28. The number of hydrogen-bond acceptors (Lipinski definition) is 2. The molecule has 0 saturated heterocycles. The third-order valence-corrected chi connectivity index (χ3v) is 4.18. The zero-order chi connectivity index (χ0) is 14.8. The van der Waals surface area contributed by atoms with E-state index in [1.807, 2.05) is 0 Å². The van der Waals surface area contributed by atoms with Gasteiger partial charge >= 0.3 is 0 Å². The molecule has 0 unspecified atom stereocenters. The Bertz CT molecular complexity index is 638. The van der Waals surface area contributed by atoms with Gasteiger partial charge in [0.25, 0.3) is 0 Å². The van der Waals surface area contributed by atoms with Gasteiger partial charge in [-0.15, -0.1) is 11.6 Å². The lowest BCUT2D eigenvalue weighted by molar-refractivity contribution is 0.0532. The number of rotatable bonds is 5. The third kappa shape index (κ3) is 3.04. The molecule has 1 fully saturated rings. The van der Waals surface area contributed by atoms with Crippen LogP contribution in [0, 0.1) is 11.6 Å². The van der Waals surface area contributed by atoms with Crippen molar-refractivity contribution in [1.82, 2.24) is 9.55 Å². The maximum atomic E-state index is 13.8. The minimum absolute atomic E-state index is 0.152. The van der Waals surface area contributed by atoms with Gasteiger partial charge in [-0.05, 0) is 18.9 Å². The molecule has 1 heterocycles. The summed E-state index contributed by atoms with van der Waals surface area (Å²) in [6.07, 6.45) is 4.92. The summed E-state index contributed by atoms with van der Waals surface area (Å²) in [4.78, 5) is 4.16. The van der Waals surface area contributed by atoms with E-state index in [0.29, 0.717) is 30.6 Å². The van der Waals surface area contributed by atoms with Crippen molar-refractivity contribution in [2.24, 2.45) is 0 Å². The van der Waals surface area contributed by atoms with Crippen molar-refractivity contribution < 1.29 is 13.5 Å². The summed E-state index contributed by atoms with van der Waals surface area (Å²) in [5.41, 5.74) is 0.589. The molecule has 1 saturated carbocycles. The maximum absolute atomic E-state index is 13.8. The van der Waals surface area contributed by atoms with E-state index in [0.717, 1.165) is 18.9 Å². The first-order chi connectivity index (χ1) is 10.2. The Hall–Kier alpha value is -1.20. The first kappa shape index (κ1) is 14.7. The molecule has 0 bridgehead atoms. The van der Waals surface area contributed by atoms with Crippen LogP contribution < -0.4 is 0 Å². The van der Waals surface area contributed by atoms with Crippen molar-refractivity contribution >= 4 is 22.6 Å². The topological polar surface area (TPSA) is 27.1 Å². The standard InChI is InChI=1S/C15H17ClF2N2O/c16-9-14-19-15-12(18)7-10(17)8-13(15)20(14)5-6-21-11-3-1-2-4-11/h7-8,11H,1-6,9H2. The van der Waals surface area contributed by atoms with Crippen molar-refractivity contribution in [1.29, 1.82) is 0 Å². The van der Waals surface area contributed by atoms with Crippen LogP contribution in [-0.2, 0) is 17.2 Å². The fourth-order valence-corrected chi connectivity index (χ4v) is 3.12. The Morgan fingerprint density at radius 1 is 1.29 bits per heavy atom. The molecular weight excluding hydrogens is 298 g/mol. The Balaban J connectivity index is 1.82. The smallest absolute Gasteiger partial charge is 0.153 e. The van der Waals surface area contributed by atoms with Crippen molar-refractivity contribution in [3.63, 3.8) is 0 Å². The first-order valence-electron chi connectivity index (χ1n) is 7.21. The lowest BCUT2D eigenvalue weighted by Gasteiger charge is -2.13. The van der Waals surface area contributed by atoms with E-state index in [1.54, 1.807) is 4.57 Å². The summed E-state index contributed by atoms with van der Waals surface area (Å²) in [5.74, 6) is -0.587. The molecule has 1 aromatic heterocycles. The second-order valence-electron chi connectivity index (χ2n) is 5.35. The molecule has 0 spiro atoms. The van der Waals surface area contributed by atoms with E-state index in [4.69, 9.17) is 16.3 Å². The average Bonchev–Trinajstić information content (AvgIpc) is 3.07. The number of ether oxygens (including phenoxy) is 1.